The first-order valence-corrected chi connectivity index (χ1v) is 7.81. The van der Waals surface area contributed by atoms with Crippen LogP contribution in [0, 0.1) is 6.92 Å². The van der Waals surface area contributed by atoms with E-state index in [2.05, 4.69) is 30.1 Å². The van der Waals surface area contributed by atoms with Gasteiger partial charge in [0.2, 0.25) is 0 Å². The lowest BCUT2D eigenvalue weighted by atomic mass is 10.2. The molecular weight excluding hydrogens is 236 g/mol. The molecule has 2 heterocycles. The van der Waals surface area contributed by atoms with Gasteiger partial charge in [0.1, 0.15) is 11.5 Å². The van der Waals surface area contributed by atoms with Crippen molar-refractivity contribution in [2.24, 2.45) is 0 Å². The molecule has 19 heavy (non-hydrogen) atoms. The van der Waals surface area contributed by atoms with Crippen LogP contribution in [0.25, 0.3) is 0 Å². The van der Waals surface area contributed by atoms with Gasteiger partial charge in [0.15, 0.2) is 0 Å². The first-order chi connectivity index (χ1) is 9.29. The maximum absolute atomic E-state index is 5.84. The summed E-state index contributed by atoms with van der Waals surface area (Å²) >= 11 is 0. The molecule has 0 unspecified atom stereocenters. The van der Waals surface area contributed by atoms with E-state index in [1.54, 1.807) is 0 Å². The summed E-state index contributed by atoms with van der Waals surface area (Å²) < 4.78 is 5.84. The van der Waals surface area contributed by atoms with Gasteiger partial charge in [-0.05, 0) is 51.9 Å². The van der Waals surface area contributed by atoms with Crippen LogP contribution in [-0.4, -0.2) is 24.5 Å². The molecule has 1 aliphatic rings. The Morgan fingerprint density at radius 3 is 2.63 bits per heavy atom. The van der Waals surface area contributed by atoms with E-state index in [0.717, 1.165) is 31.2 Å². The third kappa shape index (κ3) is 4.66. The number of aryl methyl sites for hydroxylation is 1. The molecule has 2 rings (SSSR count). The van der Waals surface area contributed by atoms with Crippen LogP contribution in [0.3, 0.4) is 0 Å². The number of hydrogen-bond acceptors (Lipinski definition) is 3. The third-order valence-electron chi connectivity index (χ3n) is 3.89. The second kappa shape index (κ2) is 7.71. The highest BCUT2D eigenvalue weighted by Gasteiger charge is 2.13. The van der Waals surface area contributed by atoms with Crippen LogP contribution in [0.5, 0.6) is 0 Å². The zero-order chi connectivity index (χ0) is 13.5. The van der Waals surface area contributed by atoms with Gasteiger partial charge in [0, 0.05) is 12.1 Å². The lowest BCUT2D eigenvalue weighted by Gasteiger charge is -2.18. The summed E-state index contributed by atoms with van der Waals surface area (Å²) in [6, 6.07) is 2.24. The average Bonchev–Trinajstić information content (AvgIpc) is 2.61. The molecule has 1 saturated heterocycles. The Balaban J connectivity index is 1.88. The summed E-state index contributed by atoms with van der Waals surface area (Å²) in [5, 5.41) is 3.40. The standard InChI is InChI=1S/C16H28N2O/c1-3-8-17-12-16-11-15(14(2)19-16)13-18-9-6-4-5-7-10-18/h11,17H,3-10,12-13H2,1-2H3. The molecule has 0 aromatic carbocycles. The highest BCUT2D eigenvalue weighted by atomic mass is 16.3. The van der Waals surface area contributed by atoms with Crippen molar-refractivity contribution < 1.29 is 4.42 Å². The summed E-state index contributed by atoms with van der Waals surface area (Å²) in [6.07, 6.45) is 6.66. The number of nitrogens with zero attached hydrogens (tertiary/aromatic N) is 1. The Kier molecular flexibility index (Phi) is 5.93. The normalized spacial score (nSPS) is 17.6. The maximum atomic E-state index is 5.84. The Morgan fingerprint density at radius 2 is 1.95 bits per heavy atom. The molecule has 1 N–H and O–H groups in total. The van der Waals surface area contributed by atoms with Gasteiger partial charge in [0.25, 0.3) is 0 Å². The number of likely N-dealkylation sites (tertiary alicyclic amines) is 1. The number of furan rings is 1. The van der Waals surface area contributed by atoms with Crippen molar-refractivity contribution in [1.29, 1.82) is 0 Å². The molecule has 3 heteroatoms. The van der Waals surface area contributed by atoms with Gasteiger partial charge in [-0.2, -0.15) is 0 Å². The SMILES string of the molecule is CCCNCc1cc(CN2CCCCCC2)c(C)o1. The van der Waals surface area contributed by atoms with Gasteiger partial charge in [-0.15, -0.1) is 0 Å². The third-order valence-corrected chi connectivity index (χ3v) is 3.89. The fourth-order valence-electron chi connectivity index (χ4n) is 2.76. The molecule has 0 saturated carbocycles. The van der Waals surface area contributed by atoms with Gasteiger partial charge < -0.3 is 9.73 Å². The molecule has 0 aliphatic carbocycles. The van der Waals surface area contributed by atoms with Crippen molar-refractivity contribution >= 4 is 0 Å². The van der Waals surface area contributed by atoms with Crippen LogP contribution < -0.4 is 5.32 Å². The zero-order valence-corrected chi connectivity index (χ0v) is 12.5. The summed E-state index contributed by atoms with van der Waals surface area (Å²) in [5.74, 6) is 2.17. The molecule has 1 aromatic rings. The van der Waals surface area contributed by atoms with Crippen molar-refractivity contribution in [2.45, 2.75) is 59.0 Å². The van der Waals surface area contributed by atoms with E-state index >= 15 is 0 Å². The van der Waals surface area contributed by atoms with E-state index in [1.807, 2.05) is 0 Å². The van der Waals surface area contributed by atoms with E-state index in [1.165, 1.54) is 50.8 Å². The van der Waals surface area contributed by atoms with Crippen molar-refractivity contribution in [3.63, 3.8) is 0 Å². The van der Waals surface area contributed by atoms with Crippen molar-refractivity contribution in [3.8, 4) is 0 Å². The topological polar surface area (TPSA) is 28.4 Å². The van der Waals surface area contributed by atoms with Gasteiger partial charge >= 0.3 is 0 Å². The molecule has 1 aromatic heterocycles. The molecule has 108 valence electrons. The Morgan fingerprint density at radius 1 is 1.21 bits per heavy atom. The number of hydrogen-bond donors (Lipinski definition) is 1. The maximum Gasteiger partial charge on any atom is 0.118 e. The Bertz CT molecular complexity index is 365. The highest BCUT2D eigenvalue weighted by Crippen LogP contribution is 2.19. The van der Waals surface area contributed by atoms with Crippen LogP contribution in [0.1, 0.15) is 56.1 Å². The Hall–Kier alpha value is -0.800. The van der Waals surface area contributed by atoms with Crippen LogP contribution >= 0.6 is 0 Å². The van der Waals surface area contributed by atoms with Crippen molar-refractivity contribution in [2.75, 3.05) is 19.6 Å². The molecule has 0 amide bonds. The monoisotopic (exact) mass is 264 g/mol. The van der Waals surface area contributed by atoms with Gasteiger partial charge in [-0.1, -0.05) is 19.8 Å². The molecule has 0 atom stereocenters. The lowest BCUT2D eigenvalue weighted by Crippen LogP contribution is -2.24. The first kappa shape index (κ1) is 14.6. The number of rotatable bonds is 6. The second-order valence-electron chi connectivity index (χ2n) is 5.66. The van der Waals surface area contributed by atoms with Gasteiger partial charge in [0.05, 0.1) is 6.54 Å². The van der Waals surface area contributed by atoms with Crippen molar-refractivity contribution in [1.82, 2.24) is 10.2 Å². The summed E-state index contributed by atoms with van der Waals surface area (Å²) in [6.45, 7) is 9.74. The molecule has 3 nitrogen and oxygen atoms in total. The Labute approximate surface area is 117 Å². The molecule has 0 spiro atoms. The fraction of sp³-hybridized carbons (Fsp3) is 0.750. The lowest BCUT2D eigenvalue weighted by molar-refractivity contribution is 0.275. The molecule has 0 bridgehead atoms. The smallest absolute Gasteiger partial charge is 0.118 e. The molecule has 1 aliphatic heterocycles. The predicted octanol–water partition coefficient (Wildman–Crippen LogP) is 3.46. The van der Waals surface area contributed by atoms with Crippen LogP contribution in [0.2, 0.25) is 0 Å². The minimum Gasteiger partial charge on any atom is -0.465 e. The summed E-state index contributed by atoms with van der Waals surface area (Å²) in [7, 11) is 0. The van der Waals surface area contributed by atoms with E-state index in [9.17, 15) is 0 Å². The van der Waals surface area contributed by atoms with E-state index in [0.29, 0.717) is 0 Å². The number of nitrogens with one attached hydrogen (secondary N) is 1. The quantitative estimate of drug-likeness (QED) is 0.798. The minimum atomic E-state index is 0.856. The first-order valence-electron chi connectivity index (χ1n) is 7.81. The summed E-state index contributed by atoms with van der Waals surface area (Å²) in [4.78, 5) is 2.58. The second-order valence-corrected chi connectivity index (χ2v) is 5.66. The molecule has 1 fully saturated rings. The minimum absolute atomic E-state index is 0.856. The van der Waals surface area contributed by atoms with E-state index < -0.39 is 0 Å². The summed E-state index contributed by atoms with van der Waals surface area (Å²) in [5.41, 5.74) is 1.37. The van der Waals surface area contributed by atoms with Crippen molar-refractivity contribution in [3.05, 3.63) is 23.2 Å². The van der Waals surface area contributed by atoms with Crippen LogP contribution in [-0.2, 0) is 13.1 Å². The van der Waals surface area contributed by atoms with Crippen LogP contribution in [0.15, 0.2) is 10.5 Å². The van der Waals surface area contributed by atoms with Gasteiger partial charge in [-0.25, -0.2) is 0 Å². The van der Waals surface area contributed by atoms with E-state index in [4.69, 9.17) is 4.42 Å². The average molecular weight is 264 g/mol. The van der Waals surface area contributed by atoms with Gasteiger partial charge in [-0.3, -0.25) is 4.90 Å². The van der Waals surface area contributed by atoms with Crippen LogP contribution in [0.4, 0.5) is 0 Å². The fourth-order valence-corrected chi connectivity index (χ4v) is 2.76. The molecular formula is C16H28N2O. The molecule has 0 radical (unpaired) electrons. The zero-order valence-electron chi connectivity index (χ0n) is 12.5. The predicted molar refractivity (Wildman–Crippen MR) is 79.2 cm³/mol. The largest absolute Gasteiger partial charge is 0.465 e. The van der Waals surface area contributed by atoms with E-state index in [-0.39, 0.29) is 0 Å². The highest BCUT2D eigenvalue weighted by molar-refractivity contribution is 5.20.